The van der Waals surface area contributed by atoms with E-state index < -0.39 is 0 Å². The zero-order valence-corrected chi connectivity index (χ0v) is 10.3. The summed E-state index contributed by atoms with van der Waals surface area (Å²) in [6, 6.07) is 1.80. The predicted molar refractivity (Wildman–Crippen MR) is 65.7 cm³/mol. The molecule has 17 heavy (non-hydrogen) atoms. The van der Waals surface area contributed by atoms with E-state index in [2.05, 4.69) is 20.2 Å². The third-order valence-electron chi connectivity index (χ3n) is 3.31. The number of aromatic nitrogens is 2. The summed E-state index contributed by atoms with van der Waals surface area (Å²) in [5.74, 6) is 0.806. The summed E-state index contributed by atoms with van der Waals surface area (Å²) in [5.41, 5.74) is -0.341. The molecular weight excluding hydrogens is 216 g/mol. The van der Waals surface area contributed by atoms with Gasteiger partial charge in [0.25, 0.3) is 0 Å². The largest absolute Gasteiger partial charge is 0.359 e. The lowest BCUT2D eigenvalue weighted by molar-refractivity contribution is -0.130. The first-order valence-electron chi connectivity index (χ1n) is 5.90. The van der Waals surface area contributed by atoms with Crippen molar-refractivity contribution in [2.24, 2.45) is 5.41 Å². The molecule has 1 amide bonds. The van der Waals surface area contributed by atoms with E-state index in [0.29, 0.717) is 12.5 Å². The van der Waals surface area contributed by atoms with E-state index in [9.17, 15) is 4.79 Å². The Kier molecular flexibility index (Phi) is 3.26. The number of carbonyl (C=O) groups excluding carboxylic acids is 1. The van der Waals surface area contributed by atoms with Gasteiger partial charge in [0, 0.05) is 32.5 Å². The second-order valence-electron chi connectivity index (χ2n) is 4.71. The van der Waals surface area contributed by atoms with Crippen molar-refractivity contribution in [1.29, 1.82) is 0 Å². The van der Waals surface area contributed by atoms with Gasteiger partial charge < -0.3 is 10.2 Å². The quantitative estimate of drug-likeness (QED) is 0.823. The first kappa shape index (κ1) is 11.8. The van der Waals surface area contributed by atoms with Gasteiger partial charge in [-0.1, -0.05) is 0 Å². The number of nitrogens with zero attached hydrogens (tertiary/aromatic N) is 3. The van der Waals surface area contributed by atoms with Crippen molar-refractivity contribution in [3.8, 4) is 0 Å². The molecule has 1 saturated heterocycles. The van der Waals surface area contributed by atoms with Gasteiger partial charge in [-0.2, -0.15) is 0 Å². The number of hydrogen-bond donors (Lipinski definition) is 1. The predicted octanol–water partition coefficient (Wildman–Crippen LogP) is 0.829. The Bertz CT molecular complexity index is 395. The lowest BCUT2D eigenvalue weighted by Crippen LogP contribution is -2.50. The number of rotatable bonds is 2. The van der Waals surface area contributed by atoms with E-state index in [-0.39, 0.29) is 11.3 Å². The molecule has 5 nitrogen and oxygen atoms in total. The molecule has 92 valence electrons. The fraction of sp³-hybridized carbons (Fsp3) is 0.583. The normalized spacial score (nSPS) is 24.5. The van der Waals surface area contributed by atoms with Gasteiger partial charge in [-0.05, 0) is 25.8 Å². The second kappa shape index (κ2) is 4.69. The molecule has 0 unspecified atom stereocenters. The lowest BCUT2D eigenvalue weighted by atomic mass is 9.81. The van der Waals surface area contributed by atoms with Crippen molar-refractivity contribution in [3.63, 3.8) is 0 Å². The highest BCUT2D eigenvalue weighted by Gasteiger charge is 2.37. The van der Waals surface area contributed by atoms with Crippen LogP contribution in [-0.2, 0) is 4.79 Å². The van der Waals surface area contributed by atoms with Gasteiger partial charge in [0.15, 0.2) is 0 Å². The maximum Gasteiger partial charge on any atom is 0.227 e. The van der Waals surface area contributed by atoms with Crippen LogP contribution in [0.15, 0.2) is 18.5 Å². The molecule has 1 aliphatic rings. The third kappa shape index (κ3) is 2.38. The van der Waals surface area contributed by atoms with Crippen LogP contribution in [0.2, 0.25) is 0 Å². The Labute approximate surface area is 101 Å². The van der Waals surface area contributed by atoms with Gasteiger partial charge in [0.05, 0.1) is 5.41 Å². The minimum absolute atomic E-state index is 0.0955. The smallest absolute Gasteiger partial charge is 0.227 e. The molecular formula is C12H18N4O. The maximum atomic E-state index is 11.9. The molecule has 0 radical (unpaired) electrons. The lowest BCUT2D eigenvalue weighted by Gasteiger charge is -2.38. The van der Waals surface area contributed by atoms with Crippen LogP contribution in [0.4, 0.5) is 5.95 Å². The molecule has 0 aliphatic carbocycles. The van der Waals surface area contributed by atoms with Crippen LogP contribution in [-0.4, -0.2) is 36.0 Å². The number of anilines is 1. The standard InChI is InChI=1S/C12H18N4O/c1-12(10(17)13-2)5-3-8-16(9-12)11-14-6-4-7-15-11/h4,6-7H,3,5,8-9H2,1-2H3,(H,13,17)/t12-/m1/s1. The summed E-state index contributed by atoms with van der Waals surface area (Å²) in [7, 11) is 1.69. The van der Waals surface area contributed by atoms with Crippen LogP contribution < -0.4 is 10.2 Å². The Morgan fingerprint density at radius 2 is 2.18 bits per heavy atom. The molecule has 0 spiro atoms. The topological polar surface area (TPSA) is 58.1 Å². The van der Waals surface area contributed by atoms with Crippen molar-refractivity contribution < 1.29 is 4.79 Å². The average Bonchev–Trinajstić information content (AvgIpc) is 2.39. The van der Waals surface area contributed by atoms with Gasteiger partial charge in [-0.3, -0.25) is 4.79 Å². The van der Waals surface area contributed by atoms with Crippen molar-refractivity contribution >= 4 is 11.9 Å². The summed E-state index contributed by atoms with van der Waals surface area (Å²) >= 11 is 0. The van der Waals surface area contributed by atoms with Gasteiger partial charge in [-0.15, -0.1) is 0 Å². The summed E-state index contributed by atoms with van der Waals surface area (Å²) in [6.45, 7) is 3.59. The highest BCUT2D eigenvalue weighted by atomic mass is 16.2. The second-order valence-corrected chi connectivity index (χ2v) is 4.71. The van der Waals surface area contributed by atoms with Crippen molar-refractivity contribution in [3.05, 3.63) is 18.5 Å². The number of piperidine rings is 1. The molecule has 2 rings (SSSR count). The Hall–Kier alpha value is -1.65. The molecule has 1 atom stereocenters. The zero-order chi connectivity index (χ0) is 12.3. The number of amides is 1. The summed E-state index contributed by atoms with van der Waals surface area (Å²) in [5, 5.41) is 2.74. The zero-order valence-electron chi connectivity index (χ0n) is 10.3. The molecule has 1 N–H and O–H groups in total. The number of nitrogens with one attached hydrogen (secondary N) is 1. The van der Waals surface area contributed by atoms with Crippen molar-refractivity contribution in [2.75, 3.05) is 25.0 Å². The molecule has 2 heterocycles. The van der Waals surface area contributed by atoms with E-state index in [1.54, 1.807) is 25.5 Å². The molecule has 1 aromatic heterocycles. The Morgan fingerprint density at radius 3 is 2.82 bits per heavy atom. The van der Waals surface area contributed by atoms with Crippen LogP contribution in [0.25, 0.3) is 0 Å². The van der Waals surface area contributed by atoms with E-state index >= 15 is 0 Å². The summed E-state index contributed by atoms with van der Waals surface area (Å²) in [6.07, 6.45) is 5.36. The van der Waals surface area contributed by atoms with Crippen LogP contribution >= 0.6 is 0 Å². The third-order valence-corrected chi connectivity index (χ3v) is 3.31. The minimum atomic E-state index is -0.341. The minimum Gasteiger partial charge on any atom is -0.359 e. The molecule has 1 fully saturated rings. The number of carbonyl (C=O) groups is 1. The monoisotopic (exact) mass is 234 g/mol. The van der Waals surface area contributed by atoms with Crippen LogP contribution in [0.5, 0.6) is 0 Å². The fourth-order valence-corrected chi connectivity index (χ4v) is 2.35. The molecule has 1 aromatic rings. The summed E-state index contributed by atoms with van der Waals surface area (Å²) in [4.78, 5) is 22.4. The van der Waals surface area contributed by atoms with Crippen molar-refractivity contribution in [2.45, 2.75) is 19.8 Å². The van der Waals surface area contributed by atoms with E-state index in [4.69, 9.17) is 0 Å². The van der Waals surface area contributed by atoms with Gasteiger partial charge in [-0.25, -0.2) is 9.97 Å². The highest BCUT2D eigenvalue weighted by molar-refractivity contribution is 5.82. The first-order chi connectivity index (χ1) is 8.15. The van der Waals surface area contributed by atoms with Crippen LogP contribution in [0, 0.1) is 5.41 Å². The molecule has 0 bridgehead atoms. The first-order valence-corrected chi connectivity index (χ1v) is 5.90. The molecule has 0 aromatic carbocycles. The maximum absolute atomic E-state index is 11.9. The molecule has 5 heteroatoms. The van der Waals surface area contributed by atoms with E-state index in [0.717, 1.165) is 19.4 Å². The van der Waals surface area contributed by atoms with Crippen LogP contribution in [0.1, 0.15) is 19.8 Å². The van der Waals surface area contributed by atoms with Gasteiger partial charge >= 0.3 is 0 Å². The Balaban J connectivity index is 2.15. The van der Waals surface area contributed by atoms with E-state index in [1.807, 2.05) is 6.92 Å². The molecule has 1 aliphatic heterocycles. The average molecular weight is 234 g/mol. The van der Waals surface area contributed by atoms with Crippen LogP contribution in [0.3, 0.4) is 0 Å². The summed E-state index contributed by atoms with van der Waals surface area (Å²) < 4.78 is 0. The SMILES string of the molecule is CNC(=O)[C@]1(C)CCCN(c2ncccn2)C1. The Morgan fingerprint density at radius 1 is 1.47 bits per heavy atom. The fourth-order valence-electron chi connectivity index (χ4n) is 2.35. The molecule has 0 saturated carbocycles. The van der Waals surface area contributed by atoms with Gasteiger partial charge in [0.2, 0.25) is 11.9 Å². The number of hydrogen-bond acceptors (Lipinski definition) is 4. The van der Waals surface area contributed by atoms with Gasteiger partial charge in [0.1, 0.15) is 0 Å². The highest BCUT2D eigenvalue weighted by Crippen LogP contribution is 2.30. The van der Waals surface area contributed by atoms with Crippen molar-refractivity contribution in [1.82, 2.24) is 15.3 Å². The van der Waals surface area contributed by atoms with E-state index in [1.165, 1.54) is 0 Å².